The van der Waals surface area contributed by atoms with Gasteiger partial charge in [-0.2, -0.15) is 0 Å². The summed E-state index contributed by atoms with van der Waals surface area (Å²) in [6.07, 6.45) is -0.312. The van der Waals surface area contributed by atoms with Crippen molar-refractivity contribution >= 4 is 38.0 Å². The second kappa shape index (κ2) is 5.13. The van der Waals surface area contributed by atoms with E-state index in [1.54, 1.807) is 0 Å². The second-order valence-corrected chi connectivity index (χ2v) is 7.06. The molecule has 0 aromatic carbocycles. The molecule has 2 heterocycles. The number of nitrogens with zero attached hydrogens (tertiary/aromatic N) is 2. The summed E-state index contributed by atoms with van der Waals surface area (Å²) >= 11 is 1.08. The number of sulfone groups is 1. The van der Waals surface area contributed by atoms with Gasteiger partial charge in [-0.25, -0.2) is 18.2 Å². The molecule has 1 unspecified atom stereocenters. The first-order chi connectivity index (χ1) is 8.87. The van der Waals surface area contributed by atoms with E-state index in [0.717, 1.165) is 11.3 Å². The van der Waals surface area contributed by atoms with Crippen molar-refractivity contribution in [1.29, 1.82) is 0 Å². The van der Waals surface area contributed by atoms with E-state index in [-0.39, 0.29) is 22.3 Å². The molecule has 10 heteroatoms. The summed E-state index contributed by atoms with van der Waals surface area (Å²) in [6, 6.07) is 0. The number of thiazole rings is 1. The van der Waals surface area contributed by atoms with E-state index in [1.165, 1.54) is 5.38 Å². The maximum Gasteiger partial charge on any atom is 0.360 e. The van der Waals surface area contributed by atoms with Crippen LogP contribution in [0.25, 0.3) is 0 Å². The van der Waals surface area contributed by atoms with Gasteiger partial charge in [-0.15, -0.1) is 11.3 Å². The predicted octanol–water partition coefficient (Wildman–Crippen LogP) is -0.282. The van der Waals surface area contributed by atoms with Gasteiger partial charge in [0.15, 0.2) is 15.0 Å². The molecule has 104 valence electrons. The Morgan fingerprint density at radius 2 is 2.37 bits per heavy atom. The van der Waals surface area contributed by atoms with Gasteiger partial charge in [0.25, 0.3) is 0 Å². The highest BCUT2D eigenvalue weighted by Gasteiger charge is 2.30. The van der Waals surface area contributed by atoms with Crippen molar-refractivity contribution in [2.75, 3.05) is 17.2 Å². The number of carboxylic acids is 1. The predicted molar refractivity (Wildman–Crippen MR) is 68.8 cm³/mol. The molecule has 2 rings (SSSR count). The van der Waals surface area contributed by atoms with Crippen LogP contribution >= 0.6 is 11.3 Å². The summed E-state index contributed by atoms with van der Waals surface area (Å²) in [5.74, 6) is -1.44. The summed E-state index contributed by atoms with van der Waals surface area (Å²) in [5, 5.41) is 14.2. The third kappa shape index (κ3) is 3.41. The lowest BCUT2D eigenvalue weighted by Gasteiger charge is -2.05. The van der Waals surface area contributed by atoms with Gasteiger partial charge in [0.1, 0.15) is 11.8 Å². The van der Waals surface area contributed by atoms with Crippen LogP contribution in [-0.2, 0) is 19.5 Å². The molecule has 3 N–H and O–H groups in total. The second-order valence-electron chi connectivity index (χ2n) is 3.95. The lowest BCUT2D eigenvalue weighted by atomic mass is 10.3. The highest BCUT2D eigenvalue weighted by molar-refractivity contribution is 7.91. The molecule has 0 radical (unpaired) electrons. The number of hydrogen-bond acceptors (Lipinski definition) is 8. The Labute approximate surface area is 112 Å². The molecular weight excluding hydrogens is 294 g/mol. The number of aliphatic carboxylic acids is 1. The zero-order valence-corrected chi connectivity index (χ0v) is 11.3. The minimum Gasteiger partial charge on any atom is -0.476 e. The van der Waals surface area contributed by atoms with Crippen LogP contribution in [0.2, 0.25) is 0 Å². The number of aromatic nitrogens is 1. The van der Waals surface area contributed by atoms with Gasteiger partial charge in [-0.05, 0) is 0 Å². The molecule has 0 spiro atoms. The van der Waals surface area contributed by atoms with E-state index in [0.29, 0.717) is 6.42 Å². The van der Waals surface area contributed by atoms with Crippen molar-refractivity contribution in [2.24, 2.45) is 5.16 Å². The fraction of sp³-hybridized carbons (Fsp3) is 0.444. The number of carboxylic acid groups (broad SMARTS) is 1. The van der Waals surface area contributed by atoms with Crippen LogP contribution < -0.4 is 5.73 Å². The van der Waals surface area contributed by atoms with E-state index >= 15 is 0 Å². The standard InChI is InChI=1S/C9H11N3O5S2/c10-9-11-6(3-18-9)7(8(13)14)12-17-5-1-2-19(15,16)4-5/h3,5H,1-2,4H2,(H2,10,11)(H,13,14)/b12-7-. The summed E-state index contributed by atoms with van der Waals surface area (Å²) in [7, 11) is -3.10. The molecule has 1 atom stereocenters. The SMILES string of the molecule is Nc1nc(/C(=N/OC2CCS(=O)(=O)C2)C(=O)O)cs1. The fourth-order valence-corrected chi connectivity index (χ4v) is 3.69. The first-order valence-corrected chi connectivity index (χ1v) is 7.96. The van der Waals surface area contributed by atoms with E-state index in [2.05, 4.69) is 10.1 Å². The number of hydrogen-bond donors (Lipinski definition) is 2. The van der Waals surface area contributed by atoms with E-state index in [9.17, 15) is 13.2 Å². The number of carbonyl (C=O) groups is 1. The zero-order chi connectivity index (χ0) is 14.0. The molecule has 1 fully saturated rings. The molecule has 0 amide bonds. The Kier molecular flexibility index (Phi) is 3.71. The smallest absolute Gasteiger partial charge is 0.360 e. The monoisotopic (exact) mass is 305 g/mol. The van der Waals surface area contributed by atoms with Crippen LogP contribution in [0.1, 0.15) is 12.1 Å². The van der Waals surface area contributed by atoms with Gasteiger partial charge in [-0.1, -0.05) is 5.16 Å². The summed E-state index contributed by atoms with van der Waals surface area (Å²) in [5.41, 5.74) is 5.11. The average molecular weight is 305 g/mol. The molecular formula is C9H11N3O5S2. The first-order valence-electron chi connectivity index (χ1n) is 5.26. The molecule has 1 aliphatic heterocycles. The normalized spacial score (nSPS) is 22.3. The van der Waals surface area contributed by atoms with Crippen LogP contribution in [0.3, 0.4) is 0 Å². The fourth-order valence-electron chi connectivity index (χ4n) is 1.56. The van der Waals surface area contributed by atoms with Crippen LogP contribution in [0.15, 0.2) is 10.5 Å². The number of nitrogens with two attached hydrogens (primary N) is 1. The Hall–Kier alpha value is -1.68. The van der Waals surface area contributed by atoms with Crippen molar-refractivity contribution in [3.63, 3.8) is 0 Å². The molecule has 0 aliphatic carbocycles. The molecule has 1 aromatic heterocycles. The summed E-state index contributed by atoms with van der Waals surface area (Å²) < 4.78 is 22.4. The van der Waals surface area contributed by atoms with E-state index < -0.39 is 27.6 Å². The minimum absolute atomic E-state index is 0.0270. The van der Waals surface area contributed by atoms with E-state index in [4.69, 9.17) is 15.7 Å². The highest BCUT2D eigenvalue weighted by Crippen LogP contribution is 2.16. The Bertz CT molecular complexity index is 622. The third-order valence-electron chi connectivity index (χ3n) is 2.45. The molecule has 1 saturated heterocycles. The highest BCUT2D eigenvalue weighted by atomic mass is 32.2. The molecule has 19 heavy (non-hydrogen) atoms. The number of oxime groups is 1. The van der Waals surface area contributed by atoms with Gasteiger partial charge in [0.2, 0.25) is 5.71 Å². The Morgan fingerprint density at radius 3 is 2.84 bits per heavy atom. The van der Waals surface area contributed by atoms with Gasteiger partial charge in [0.05, 0.1) is 11.5 Å². The lowest BCUT2D eigenvalue weighted by molar-refractivity contribution is -0.129. The van der Waals surface area contributed by atoms with Gasteiger partial charge in [-0.3, -0.25) is 0 Å². The van der Waals surface area contributed by atoms with Crippen molar-refractivity contribution in [3.8, 4) is 0 Å². The molecule has 0 saturated carbocycles. The van der Waals surface area contributed by atoms with Gasteiger partial charge >= 0.3 is 5.97 Å². The Morgan fingerprint density at radius 1 is 1.63 bits per heavy atom. The molecule has 0 bridgehead atoms. The topological polar surface area (TPSA) is 132 Å². The number of anilines is 1. The van der Waals surface area contributed by atoms with Gasteiger partial charge < -0.3 is 15.7 Å². The molecule has 1 aliphatic rings. The van der Waals surface area contributed by atoms with Crippen LogP contribution in [0.5, 0.6) is 0 Å². The lowest BCUT2D eigenvalue weighted by Crippen LogP contribution is -2.18. The summed E-state index contributed by atoms with van der Waals surface area (Å²) in [6.45, 7) is 0. The minimum atomic E-state index is -3.10. The Balaban J connectivity index is 2.12. The van der Waals surface area contributed by atoms with Crippen molar-refractivity contribution in [2.45, 2.75) is 12.5 Å². The molecule has 1 aromatic rings. The van der Waals surface area contributed by atoms with Crippen molar-refractivity contribution in [1.82, 2.24) is 4.98 Å². The van der Waals surface area contributed by atoms with Gasteiger partial charge in [0, 0.05) is 11.8 Å². The van der Waals surface area contributed by atoms with Crippen molar-refractivity contribution in [3.05, 3.63) is 11.1 Å². The van der Waals surface area contributed by atoms with Crippen LogP contribution in [-0.4, -0.2) is 47.8 Å². The van der Waals surface area contributed by atoms with E-state index in [1.807, 2.05) is 0 Å². The first kappa shape index (κ1) is 13.7. The zero-order valence-electron chi connectivity index (χ0n) is 9.64. The summed E-state index contributed by atoms with van der Waals surface area (Å²) in [4.78, 5) is 19.8. The average Bonchev–Trinajstić information content (AvgIpc) is 2.85. The van der Waals surface area contributed by atoms with Crippen LogP contribution in [0, 0.1) is 0 Å². The van der Waals surface area contributed by atoms with Crippen molar-refractivity contribution < 1.29 is 23.2 Å². The number of nitrogen functional groups attached to an aromatic ring is 1. The quantitative estimate of drug-likeness (QED) is 0.577. The van der Waals surface area contributed by atoms with Crippen LogP contribution in [0.4, 0.5) is 5.13 Å². The maximum absolute atomic E-state index is 11.2. The largest absolute Gasteiger partial charge is 0.476 e. The maximum atomic E-state index is 11.2. The molecule has 8 nitrogen and oxygen atoms in total. The number of rotatable bonds is 4. The third-order valence-corrected chi connectivity index (χ3v) is 4.86.